The first-order valence-electron chi connectivity index (χ1n) is 6.06. The van der Waals surface area contributed by atoms with Gasteiger partial charge in [0.1, 0.15) is 4.90 Å². The van der Waals surface area contributed by atoms with Crippen molar-refractivity contribution >= 4 is 27.3 Å². The summed E-state index contributed by atoms with van der Waals surface area (Å²) in [5, 5.41) is 9.41. The number of nitrogen functional groups attached to an aromatic ring is 1. The van der Waals surface area contributed by atoms with E-state index in [0.29, 0.717) is 18.7 Å². The van der Waals surface area contributed by atoms with Crippen LogP contribution in [0.1, 0.15) is 18.4 Å². The predicted octanol–water partition coefficient (Wildman–Crippen LogP) is 1.38. The molecule has 0 spiro atoms. The van der Waals surface area contributed by atoms with Gasteiger partial charge in [0.15, 0.2) is 0 Å². The topological polar surface area (TPSA) is 83.6 Å². The van der Waals surface area contributed by atoms with Crippen LogP contribution >= 0.6 is 11.6 Å². The van der Waals surface area contributed by atoms with Crippen molar-refractivity contribution in [2.24, 2.45) is 0 Å². The molecule has 1 atom stereocenters. The maximum absolute atomic E-state index is 12.6. The van der Waals surface area contributed by atoms with Crippen LogP contribution in [0.5, 0.6) is 0 Å². The zero-order valence-corrected chi connectivity index (χ0v) is 12.2. The van der Waals surface area contributed by atoms with E-state index in [0.717, 1.165) is 12.0 Å². The summed E-state index contributed by atoms with van der Waals surface area (Å²) in [6, 6.07) is 2.57. The fourth-order valence-electron chi connectivity index (χ4n) is 2.30. The Balaban J connectivity index is 2.48. The van der Waals surface area contributed by atoms with Crippen molar-refractivity contribution < 1.29 is 13.5 Å². The molecule has 1 fully saturated rings. The van der Waals surface area contributed by atoms with Gasteiger partial charge < -0.3 is 10.8 Å². The number of aliphatic hydroxyl groups is 1. The summed E-state index contributed by atoms with van der Waals surface area (Å²) in [4.78, 5) is 0.0117. The fourth-order valence-corrected chi connectivity index (χ4v) is 4.58. The highest BCUT2D eigenvalue weighted by molar-refractivity contribution is 7.89. The van der Waals surface area contributed by atoms with Crippen molar-refractivity contribution in [3.05, 3.63) is 22.7 Å². The quantitative estimate of drug-likeness (QED) is 0.826. The molecule has 1 aromatic carbocycles. The first kappa shape index (κ1) is 14.6. The Bertz CT molecular complexity index is 589. The first-order valence-corrected chi connectivity index (χ1v) is 7.88. The molecule has 1 unspecified atom stereocenters. The number of hydrogen-bond donors (Lipinski definition) is 2. The molecule has 1 aliphatic rings. The van der Waals surface area contributed by atoms with E-state index in [4.69, 9.17) is 17.3 Å². The number of aliphatic hydroxyl groups excluding tert-OH is 1. The van der Waals surface area contributed by atoms with E-state index in [9.17, 15) is 13.5 Å². The zero-order chi connectivity index (χ0) is 14.2. The van der Waals surface area contributed by atoms with Crippen molar-refractivity contribution in [3.63, 3.8) is 0 Å². The molecule has 106 valence electrons. The molecular weight excluding hydrogens is 288 g/mol. The van der Waals surface area contributed by atoms with Gasteiger partial charge in [0.2, 0.25) is 10.0 Å². The van der Waals surface area contributed by atoms with Crippen LogP contribution in [0.25, 0.3) is 0 Å². The lowest BCUT2D eigenvalue weighted by Crippen LogP contribution is -2.37. The highest BCUT2D eigenvalue weighted by atomic mass is 35.5. The second-order valence-corrected chi connectivity index (χ2v) is 7.00. The first-order chi connectivity index (χ1) is 8.87. The van der Waals surface area contributed by atoms with Gasteiger partial charge in [-0.1, -0.05) is 11.6 Å². The number of sulfonamides is 1. The molecule has 1 aliphatic heterocycles. The van der Waals surface area contributed by atoms with Crippen molar-refractivity contribution in [1.82, 2.24) is 4.31 Å². The van der Waals surface area contributed by atoms with Crippen LogP contribution in [0.3, 0.4) is 0 Å². The van der Waals surface area contributed by atoms with Gasteiger partial charge in [-0.15, -0.1) is 0 Å². The molecule has 1 heterocycles. The average molecular weight is 305 g/mol. The average Bonchev–Trinajstić information content (AvgIpc) is 2.82. The maximum atomic E-state index is 12.6. The zero-order valence-electron chi connectivity index (χ0n) is 10.6. The number of anilines is 1. The van der Waals surface area contributed by atoms with Crippen LogP contribution in [0.2, 0.25) is 5.02 Å². The van der Waals surface area contributed by atoms with Crippen molar-refractivity contribution in [2.75, 3.05) is 18.9 Å². The van der Waals surface area contributed by atoms with Crippen molar-refractivity contribution in [3.8, 4) is 0 Å². The van der Waals surface area contributed by atoms with E-state index < -0.39 is 10.0 Å². The van der Waals surface area contributed by atoms with Crippen molar-refractivity contribution in [1.29, 1.82) is 0 Å². The highest BCUT2D eigenvalue weighted by Crippen LogP contribution is 2.32. The number of halogens is 1. The smallest absolute Gasteiger partial charge is 0.244 e. The third-order valence-electron chi connectivity index (χ3n) is 3.44. The Morgan fingerprint density at radius 2 is 2.21 bits per heavy atom. The molecule has 3 N–H and O–H groups in total. The van der Waals surface area contributed by atoms with Gasteiger partial charge in [0.25, 0.3) is 0 Å². The largest absolute Gasteiger partial charge is 0.398 e. The standard InChI is InChI=1S/C12H17ClN2O3S/c1-8-5-10(13)12(6-11(8)14)19(17,18)15-4-2-3-9(15)7-16/h5-6,9,16H,2-4,7,14H2,1H3. The van der Waals surface area contributed by atoms with Gasteiger partial charge in [-0.25, -0.2) is 8.42 Å². The van der Waals surface area contributed by atoms with Crippen LogP contribution in [-0.4, -0.2) is 37.0 Å². The summed E-state index contributed by atoms with van der Waals surface area (Å²) in [5.41, 5.74) is 6.89. The molecule has 0 bridgehead atoms. The SMILES string of the molecule is Cc1cc(Cl)c(S(=O)(=O)N2CCCC2CO)cc1N. The number of nitrogens with zero attached hydrogens (tertiary/aromatic N) is 1. The van der Waals surface area contributed by atoms with E-state index in [1.54, 1.807) is 13.0 Å². The number of nitrogens with two attached hydrogens (primary N) is 1. The van der Waals surface area contributed by atoms with Crippen LogP contribution in [0.15, 0.2) is 17.0 Å². The van der Waals surface area contributed by atoms with Crippen LogP contribution in [0, 0.1) is 6.92 Å². The lowest BCUT2D eigenvalue weighted by molar-refractivity contribution is 0.213. The molecule has 0 amide bonds. The van der Waals surface area contributed by atoms with Gasteiger partial charge in [-0.3, -0.25) is 0 Å². The summed E-state index contributed by atoms with van der Waals surface area (Å²) in [6.45, 7) is 1.99. The Hall–Kier alpha value is -0.820. The summed E-state index contributed by atoms with van der Waals surface area (Å²) >= 11 is 6.03. The Morgan fingerprint density at radius 3 is 2.84 bits per heavy atom. The third-order valence-corrected chi connectivity index (χ3v) is 5.86. The second kappa shape index (κ2) is 5.28. The van der Waals surface area contributed by atoms with E-state index in [2.05, 4.69) is 0 Å². The summed E-state index contributed by atoms with van der Waals surface area (Å²) < 4.78 is 26.4. The molecule has 0 saturated carbocycles. The molecule has 0 aromatic heterocycles. The lowest BCUT2D eigenvalue weighted by Gasteiger charge is -2.23. The number of aryl methyl sites for hydroxylation is 1. The highest BCUT2D eigenvalue weighted by Gasteiger charge is 2.36. The van der Waals surface area contributed by atoms with Gasteiger partial charge in [-0.05, 0) is 37.5 Å². The third kappa shape index (κ3) is 2.58. The van der Waals surface area contributed by atoms with Gasteiger partial charge in [-0.2, -0.15) is 4.31 Å². The number of benzene rings is 1. The Morgan fingerprint density at radius 1 is 1.53 bits per heavy atom. The Labute approximate surface area is 118 Å². The summed E-state index contributed by atoms with van der Waals surface area (Å²) in [6.07, 6.45) is 1.40. The van der Waals surface area contributed by atoms with Gasteiger partial charge in [0, 0.05) is 18.3 Å². The van der Waals surface area contributed by atoms with E-state index in [1.807, 2.05) is 0 Å². The van der Waals surface area contributed by atoms with Crippen LogP contribution in [0.4, 0.5) is 5.69 Å². The molecule has 5 nitrogen and oxygen atoms in total. The molecule has 7 heteroatoms. The molecular formula is C12H17ClN2O3S. The molecule has 19 heavy (non-hydrogen) atoms. The lowest BCUT2D eigenvalue weighted by atomic mass is 10.2. The summed E-state index contributed by atoms with van der Waals surface area (Å²) in [5.74, 6) is 0. The number of hydrogen-bond acceptors (Lipinski definition) is 4. The van der Waals surface area contributed by atoms with Crippen molar-refractivity contribution in [2.45, 2.75) is 30.7 Å². The molecule has 2 rings (SSSR count). The van der Waals surface area contributed by atoms with Crippen LogP contribution < -0.4 is 5.73 Å². The minimum atomic E-state index is -3.71. The summed E-state index contributed by atoms with van der Waals surface area (Å²) in [7, 11) is -3.71. The normalized spacial score (nSPS) is 20.9. The maximum Gasteiger partial charge on any atom is 0.244 e. The Kier molecular flexibility index (Phi) is 4.06. The predicted molar refractivity (Wildman–Crippen MR) is 74.6 cm³/mol. The van der Waals surface area contributed by atoms with E-state index in [1.165, 1.54) is 10.4 Å². The minimum Gasteiger partial charge on any atom is -0.398 e. The second-order valence-electron chi connectivity index (χ2n) is 4.73. The number of rotatable bonds is 3. The van der Waals surface area contributed by atoms with E-state index in [-0.39, 0.29) is 22.6 Å². The van der Waals surface area contributed by atoms with Gasteiger partial charge >= 0.3 is 0 Å². The fraction of sp³-hybridized carbons (Fsp3) is 0.500. The van der Waals surface area contributed by atoms with Crippen LogP contribution in [-0.2, 0) is 10.0 Å². The molecule has 0 radical (unpaired) electrons. The minimum absolute atomic E-state index is 0.0117. The molecule has 1 aromatic rings. The molecule has 1 saturated heterocycles. The molecule has 0 aliphatic carbocycles. The van der Waals surface area contributed by atoms with Gasteiger partial charge in [0.05, 0.1) is 11.6 Å². The van der Waals surface area contributed by atoms with E-state index >= 15 is 0 Å². The monoisotopic (exact) mass is 304 g/mol.